The average molecular weight is 618 g/mol. The van der Waals surface area contributed by atoms with Crippen LogP contribution in [0.1, 0.15) is 36.7 Å². The fraction of sp³-hybridized carbons (Fsp3) is 0.467. The lowest BCUT2D eigenvalue weighted by molar-refractivity contribution is -0.138. The van der Waals surface area contributed by atoms with E-state index < -0.39 is 34.6 Å². The second-order valence-electron chi connectivity index (χ2n) is 11.6. The van der Waals surface area contributed by atoms with Crippen molar-refractivity contribution in [1.29, 1.82) is 0 Å². The van der Waals surface area contributed by atoms with Crippen LogP contribution in [-0.4, -0.2) is 83.4 Å². The lowest BCUT2D eigenvalue weighted by atomic mass is 10.0. The fourth-order valence-electron chi connectivity index (χ4n) is 5.61. The number of nitrogens with one attached hydrogen (secondary N) is 1. The quantitative estimate of drug-likeness (QED) is 0.430. The molecule has 3 aromatic rings. The molecule has 0 saturated carbocycles. The van der Waals surface area contributed by atoms with Gasteiger partial charge >= 0.3 is 6.18 Å². The van der Waals surface area contributed by atoms with Crippen LogP contribution in [-0.2, 0) is 18.0 Å². The molecular formula is C30H35F4N7O3. The lowest BCUT2D eigenvalue weighted by Crippen LogP contribution is -2.50. The molecule has 0 aliphatic carbocycles. The molecule has 3 atom stereocenters. The summed E-state index contributed by atoms with van der Waals surface area (Å²) in [4.78, 5) is 40.3. The molecule has 44 heavy (non-hydrogen) atoms. The summed E-state index contributed by atoms with van der Waals surface area (Å²) in [6, 6.07) is 3.15. The first-order valence-corrected chi connectivity index (χ1v) is 14.3. The third-order valence-electron chi connectivity index (χ3n) is 8.06. The van der Waals surface area contributed by atoms with E-state index in [9.17, 15) is 22.8 Å². The molecule has 0 bridgehead atoms. The highest BCUT2D eigenvalue weighted by Crippen LogP contribution is 2.37. The summed E-state index contributed by atoms with van der Waals surface area (Å²) in [6.07, 6.45) is -1.17. The molecule has 1 unspecified atom stereocenters. The number of aryl methyl sites for hydroxylation is 1. The van der Waals surface area contributed by atoms with Gasteiger partial charge in [0.15, 0.2) is 0 Å². The summed E-state index contributed by atoms with van der Waals surface area (Å²) < 4.78 is 64.0. The number of alkyl halides is 3. The van der Waals surface area contributed by atoms with Crippen LogP contribution in [0.2, 0.25) is 0 Å². The minimum absolute atomic E-state index is 0.0135. The summed E-state index contributed by atoms with van der Waals surface area (Å²) in [5.41, 5.74) is -2.16. The first kappa shape index (κ1) is 31.4. The van der Waals surface area contributed by atoms with Crippen molar-refractivity contribution in [2.75, 3.05) is 54.9 Å². The van der Waals surface area contributed by atoms with Crippen molar-refractivity contribution in [3.8, 4) is 11.1 Å². The number of halogens is 4. The number of benzene rings is 1. The van der Waals surface area contributed by atoms with Crippen LogP contribution in [0.15, 0.2) is 41.6 Å². The Kier molecular flexibility index (Phi) is 8.67. The number of aromatic nitrogens is 3. The van der Waals surface area contributed by atoms with Gasteiger partial charge in [-0.05, 0) is 40.0 Å². The first-order valence-electron chi connectivity index (χ1n) is 14.3. The summed E-state index contributed by atoms with van der Waals surface area (Å²) >= 11 is 0. The number of carbonyl (C=O) groups is 1. The Morgan fingerprint density at radius 1 is 0.977 bits per heavy atom. The topological polar surface area (TPSA) is 95.8 Å². The molecule has 236 valence electrons. The second-order valence-corrected chi connectivity index (χ2v) is 11.6. The maximum absolute atomic E-state index is 15.8. The van der Waals surface area contributed by atoms with Crippen LogP contribution in [0.25, 0.3) is 11.1 Å². The zero-order valence-electron chi connectivity index (χ0n) is 25.2. The summed E-state index contributed by atoms with van der Waals surface area (Å²) in [5.74, 6) is -1.23. The molecule has 2 aliphatic rings. The molecule has 1 N–H and O–H groups in total. The number of hydrogen-bond acceptors (Lipinski definition) is 8. The van der Waals surface area contributed by atoms with Gasteiger partial charge in [0.05, 0.1) is 34.7 Å². The predicted octanol–water partition coefficient (Wildman–Crippen LogP) is 4.01. The Morgan fingerprint density at radius 2 is 1.64 bits per heavy atom. The number of anilines is 3. The normalized spacial score (nSPS) is 21.4. The highest BCUT2D eigenvalue weighted by molar-refractivity contribution is 6.07. The largest absolute Gasteiger partial charge is 0.417 e. The average Bonchev–Trinajstić information content (AvgIpc) is 2.95. The molecule has 10 nitrogen and oxygen atoms in total. The number of ether oxygens (including phenoxy) is 1. The molecule has 2 saturated heterocycles. The van der Waals surface area contributed by atoms with Gasteiger partial charge in [-0.1, -0.05) is 0 Å². The third-order valence-corrected chi connectivity index (χ3v) is 8.06. The van der Waals surface area contributed by atoms with Gasteiger partial charge in [-0.2, -0.15) is 13.2 Å². The van der Waals surface area contributed by atoms with E-state index in [0.29, 0.717) is 56.0 Å². The van der Waals surface area contributed by atoms with Gasteiger partial charge in [-0.15, -0.1) is 0 Å². The van der Waals surface area contributed by atoms with Gasteiger partial charge in [-0.25, -0.2) is 14.4 Å². The Bertz CT molecular complexity index is 1590. The van der Waals surface area contributed by atoms with Gasteiger partial charge in [0.25, 0.3) is 11.5 Å². The van der Waals surface area contributed by atoms with E-state index in [2.05, 4.69) is 20.2 Å². The SMILES string of the molecule is CC1CN(c2cc(F)c(-c3cnc(N4C[C@@H](C)O[C@@H](C)C4)nc3)cc2NC(=O)c2cn(C)c(=O)cc2C(F)(F)F)CCN1C. The Hall–Kier alpha value is -4.04. The molecule has 0 spiro atoms. The predicted molar refractivity (Wildman–Crippen MR) is 159 cm³/mol. The van der Waals surface area contributed by atoms with E-state index in [1.807, 2.05) is 37.6 Å². The lowest BCUT2D eigenvalue weighted by Gasteiger charge is -2.39. The van der Waals surface area contributed by atoms with E-state index in [4.69, 9.17) is 4.74 Å². The number of amides is 1. The second kappa shape index (κ2) is 12.2. The molecular weight excluding hydrogens is 582 g/mol. The van der Waals surface area contributed by atoms with Crippen LogP contribution in [0, 0.1) is 5.82 Å². The summed E-state index contributed by atoms with van der Waals surface area (Å²) in [7, 11) is 3.23. The minimum Gasteiger partial charge on any atom is -0.372 e. The van der Waals surface area contributed by atoms with Crippen molar-refractivity contribution in [2.24, 2.45) is 7.05 Å². The van der Waals surface area contributed by atoms with Crippen molar-refractivity contribution in [3.63, 3.8) is 0 Å². The number of likely N-dealkylation sites (N-methyl/N-ethyl adjacent to an activating group) is 1. The smallest absolute Gasteiger partial charge is 0.372 e. The number of hydrogen-bond donors (Lipinski definition) is 1. The Morgan fingerprint density at radius 3 is 2.25 bits per heavy atom. The Labute approximate surface area is 252 Å². The van der Waals surface area contributed by atoms with Gasteiger partial charge in [0.2, 0.25) is 5.95 Å². The number of pyridine rings is 1. The number of nitrogens with zero attached hydrogens (tertiary/aromatic N) is 6. The van der Waals surface area contributed by atoms with Crippen molar-refractivity contribution >= 4 is 23.2 Å². The van der Waals surface area contributed by atoms with E-state index in [1.165, 1.54) is 31.6 Å². The number of rotatable bonds is 5. The van der Waals surface area contributed by atoms with Crippen LogP contribution in [0.4, 0.5) is 34.9 Å². The highest BCUT2D eigenvalue weighted by Gasteiger charge is 2.36. The fourth-order valence-corrected chi connectivity index (χ4v) is 5.61. The van der Waals surface area contributed by atoms with Crippen molar-refractivity contribution in [3.05, 3.63) is 64.1 Å². The zero-order chi connectivity index (χ0) is 31.9. The molecule has 4 heterocycles. The number of carbonyl (C=O) groups excluding carboxylic acids is 1. The molecule has 2 fully saturated rings. The zero-order valence-corrected chi connectivity index (χ0v) is 25.2. The van der Waals surface area contributed by atoms with E-state index in [0.717, 1.165) is 10.8 Å². The monoisotopic (exact) mass is 617 g/mol. The van der Waals surface area contributed by atoms with Crippen molar-refractivity contribution in [2.45, 2.75) is 45.2 Å². The van der Waals surface area contributed by atoms with E-state index >= 15 is 4.39 Å². The summed E-state index contributed by atoms with van der Waals surface area (Å²) in [6.45, 7) is 8.77. The maximum Gasteiger partial charge on any atom is 0.417 e. The van der Waals surface area contributed by atoms with Gasteiger partial charge in [0.1, 0.15) is 5.82 Å². The van der Waals surface area contributed by atoms with Crippen molar-refractivity contribution < 1.29 is 27.1 Å². The third kappa shape index (κ3) is 6.55. The minimum atomic E-state index is -4.95. The van der Waals surface area contributed by atoms with Crippen LogP contribution in [0.5, 0.6) is 0 Å². The number of piperazine rings is 1. The number of morpholine rings is 1. The highest BCUT2D eigenvalue weighted by atomic mass is 19.4. The van der Waals surface area contributed by atoms with Gasteiger partial charge in [-0.3, -0.25) is 9.59 Å². The standard InChI is InChI=1S/C30H35F4N7O3/c1-17-13-40(7-6-38(17)4)26-10-24(31)21(20-11-35-29(36-12-20)41-14-18(2)44-19(3)15-41)8-25(26)37-28(43)22-16-39(5)27(42)9-23(22)30(32,33)34/h8-12,16-19H,6-7,13-15H2,1-5H3,(H,37,43)/t17?,18-,19+. The van der Waals surface area contributed by atoms with Gasteiger partial charge in [0, 0.05) is 81.6 Å². The molecule has 0 radical (unpaired) electrons. The van der Waals surface area contributed by atoms with E-state index in [1.54, 1.807) is 0 Å². The molecule has 1 aromatic carbocycles. The van der Waals surface area contributed by atoms with Crippen molar-refractivity contribution in [1.82, 2.24) is 19.4 Å². The first-order chi connectivity index (χ1) is 20.7. The molecule has 2 aliphatic heterocycles. The van der Waals surface area contributed by atoms with Crippen LogP contribution in [0.3, 0.4) is 0 Å². The maximum atomic E-state index is 15.8. The van der Waals surface area contributed by atoms with Gasteiger partial charge < -0.3 is 29.3 Å². The molecule has 14 heteroatoms. The molecule has 2 aromatic heterocycles. The summed E-state index contributed by atoms with van der Waals surface area (Å²) in [5, 5.41) is 2.58. The van der Waals surface area contributed by atoms with Crippen LogP contribution < -0.4 is 20.7 Å². The Balaban J connectivity index is 1.54. The molecule has 1 amide bonds. The van der Waals surface area contributed by atoms with E-state index in [-0.39, 0.29) is 29.5 Å². The molecule has 5 rings (SSSR count). The van der Waals surface area contributed by atoms with Crippen LogP contribution >= 0.6 is 0 Å².